The van der Waals surface area contributed by atoms with E-state index in [0.717, 1.165) is 4.31 Å². The highest BCUT2D eigenvalue weighted by molar-refractivity contribution is 7.92. The Morgan fingerprint density at radius 2 is 1.50 bits per heavy atom. The molecule has 1 N–H and O–H groups in total. The van der Waals surface area contributed by atoms with E-state index < -0.39 is 28.5 Å². The number of halogens is 3. The highest BCUT2D eigenvalue weighted by Gasteiger charge is 2.34. The van der Waals surface area contributed by atoms with Crippen LogP contribution < -0.4 is 19.1 Å². The Morgan fingerprint density at radius 1 is 0.864 bits per heavy atom. The van der Waals surface area contributed by atoms with Gasteiger partial charge in [0.1, 0.15) is 12.6 Å². The average molecular weight is 685 g/mol. The number of hydrogen-bond donors (Lipinski definition) is 1. The molecule has 0 bridgehead atoms. The molecule has 0 aliphatic heterocycles. The Balaban J connectivity index is 2.12. The van der Waals surface area contributed by atoms with Crippen LogP contribution in [0.15, 0.2) is 65.6 Å². The lowest BCUT2D eigenvalue weighted by atomic mass is 10.1. The summed E-state index contributed by atoms with van der Waals surface area (Å²) in [7, 11) is -1.52. The van der Waals surface area contributed by atoms with E-state index in [9.17, 15) is 18.0 Å². The summed E-state index contributed by atoms with van der Waals surface area (Å²) in [5.41, 5.74) is 0.735. The average Bonchev–Trinajstić information content (AvgIpc) is 3.00. The minimum atomic E-state index is -4.35. The van der Waals surface area contributed by atoms with Gasteiger partial charge < -0.3 is 19.7 Å². The largest absolute Gasteiger partial charge is 0.493 e. The third-order valence-corrected chi connectivity index (χ3v) is 9.69. The lowest BCUT2D eigenvalue weighted by Crippen LogP contribution is -2.53. The van der Waals surface area contributed by atoms with Gasteiger partial charge in [-0.2, -0.15) is 0 Å². The van der Waals surface area contributed by atoms with Gasteiger partial charge in [0.05, 0.1) is 24.8 Å². The molecule has 9 nitrogen and oxygen atoms in total. The van der Waals surface area contributed by atoms with Crippen LogP contribution in [0, 0.1) is 0 Å². The van der Waals surface area contributed by atoms with Gasteiger partial charge in [-0.25, -0.2) is 8.42 Å². The number of carbonyl (C=O) groups excluding carboxylic acids is 2. The summed E-state index contributed by atoms with van der Waals surface area (Å²) in [5.74, 6) is -0.449. The van der Waals surface area contributed by atoms with Crippen molar-refractivity contribution >= 4 is 62.3 Å². The molecule has 0 unspecified atom stereocenters. The first kappa shape index (κ1) is 35.3. The fourth-order valence-corrected chi connectivity index (χ4v) is 6.46. The van der Waals surface area contributed by atoms with Crippen molar-refractivity contribution in [1.29, 1.82) is 0 Å². The number of hydrogen-bond acceptors (Lipinski definition) is 6. The van der Waals surface area contributed by atoms with Crippen LogP contribution in [-0.2, 0) is 26.2 Å². The molecule has 0 aromatic heterocycles. The number of nitrogens with one attached hydrogen (secondary N) is 1. The van der Waals surface area contributed by atoms with Crippen LogP contribution in [-0.4, -0.2) is 58.0 Å². The van der Waals surface area contributed by atoms with E-state index in [1.807, 2.05) is 13.8 Å². The molecule has 3 aromatic rings. The van der Waals surface area contributed by atoms with Gasteiger partial charge in [0.25, 0.3) is 10.0 Å². The predicted octanol–water partition coefficient (Wildman–Crippen LogP) is 6.58. The van der Waals surface area contributed by atoms with E-state index in [-0.39, 0.29) is 41.2 Å². The van der Waals surface area contributed by atoms with Gasteiger partial charge in [0.2, 0.25) is 11.8 Å². The van der Waals surface area contributed by atoms with Crippen LogP contribution in [0.1, 0.15) is 39.2 Å². The molecule has 44 heavy (non-hydrogen) atoms. The summed E-state index contributed by atoms with van der Waals surface area (Å²) in [5, 5.41) is 4.04. The van der Waals surface area contributed by atoms with Gasteiger partial charge in [-0.05, 0) is 73.9 Å². The van der Waals surface area contributed by atoms with Gasteiger partial charge in [-0.15, -0.1) is 0 Å². The SMILES string of the molecule is CC[C@@H](C)NC(=O)[C@@H](CC)N(Cc1ccc(Cl)cc1Cl)C(=O)CN(c1ccc(Cl)cc1)S(=O)(=O)c1ccc(OC)c(OC)c1. The highest BCUT2D eigenvalue weighted by atomic mass is 35.5. The first-order valence-electron chi connectivity index (χ1n) is 13.9. The molecule has 2 atom stereocenters. The molecular weight excluding hydrogens is 649 g/mol. The molecule has 3 aromatic carbocycles. The lowest BCUT2D eigenvalue weighted by molar-refractivity contribution is -0.140. The summed E-state index contributed by atoms with van der Waals surface area (Å²) in [4.78, 5) is 28.9. The summed E-state index contributed by atoms with van der Waals surface area (Å²) in [6, 6.07) is 14.0. The van der Waals surface area contributed by atoms with Crippen molar-refractivity contribution in [1.82, 2.24) is 10.2 Å². The maximum atomic E-state index is 14.2. The molecular formula is C31H36Cl3N3O6S. The van der Waals surface area contributed by atoms with Gasteiger partial charge >= 0.3 is 0 Å². The zero-order valence-electron chi connectivity index (χ0n) is 25.1. The Kier molecular flexibility index (Phi) is 12.6. The minimum Gasteiger partial charge on any atom is -0.493 e. The van der Waals surface area contributed by atoms with Crippen molar-refractivity contribution in [3.63, 3.8) is 0 Å². The Morgan fingerprint density at radius 3 is 2.07 bits per heavy atom. The monoisotopic (exact) mass is 683 g/mol. The Bertz CT molecular complexity index is 1570. The van der Waals surface area contributed by atoms with Crippen LogP contribution >= 0.6 is 34.8 Å². The van der Waals surface area contributed by atoms with Gasteiger partial charge in [0, 0.05) is 33.7 Å². The summed E-state index contributed by atoms with van der Waals surface area (Å²) in [6.45, 7) is 4.89. The number of benzene rings is 3. The Labute approximate surface area is 274 Å². The van der Waals surface area contributed by atoms with Crippen LogP contribution in [0.5, 0.6) is 11.5 Å². The van der Waals surface area contributed by atoms with Gasteiger partial charge in [0.15, 0.2) is 11.5 Å². The van der Waals surface area contributed by atoms with Gasteiger partial charge in [-0.1, -0.05) is 54.7 Å². The van der Waals surface area contributed by atoms with Crippen molar-refractivity contribution in [2.75, 3.05) is 25.1 Å². The molecule has 0 aliphatic carbocycles. The molecule has 238 valence electrons. The van der Waals surface area contributed by atoms with Crippen molar-refractivity contribution in [2.45, 2.75) is 57.1 Å². The summed E-state index contributed by atoms with van der Waals surface area (Å²) in [6.07, 6.45) is 0.954. The fraction of sp³-hybridized carbons (Fsp3) is 0.355. The number of sulfonamides is 1. The normalized spacial score (nSPS) is 12.6. The lowest BCUT2D eigenvalue weighted by Gasteiger charge is -2.34. The molecule has 0 saturated carbocycles. The molecule has 0 heterocycles. The fourth-order valence-electron chi connectivity index (χ4n) is 4.43. The van der Waals surface area contributed by atoms with Crippen molar-refractivity contribution < 1.29 is 27.5 Å². The zero-order chi connectivity index (χ0) is 32.6. The van der Waals surface area contributed by atoms with E-state index in [2.05, 4.69) is 5.32 Å². The number of amides is 2. The first-order chi connectivity index (χ1) is 20.9. The number of anilines is 1. The van der Waals surface area contributed by atoms with Crippen molar-refractivity contribution in [3.8, 4) is 11.5 Å². The van der Waals surface area contributed by atoms with E-state index in [1.165, 1.54) is 61.6 Å². The third-order valence-electron chi connectivity index (χ3n) is 7.08. The molecule has 0 fully saturated rings. The van der Waals surface area contributed by atoms with E-state index in [4.69, 9.17) is 44.3 Å². The third kappa shape index (κ3) is 8.50. The molecule has 0 spiro atoms. The topological polar surface area (TPSA) is 105 Å². The second-order valence-electron chi connectivity index (χ2n) is 10.0. The maximum Gasteiger partial charge on any atom is 0.264 e. The highest BCUT2D eigenvalue weighted by Crippen LogP contribution is 2.33. The van der Waals surface area contributed by atoms with Crippen molar-refractivity contribution in [3.05, 3.63) is 81.3 Å². The first-order valence-corrected chi connectivity index (χ1v) is 16.5. The molecule has 0 saturated heterocycles. The maximum absolute atomic E-state index is 14.2. The van der Waals surface area contributed by atoms with E-state index >= 15 is 0 Å². The molecule has 13 heteroatoms. The van der Waals surface area contributed by atoms with Crippen molar-refractivity contribution in [2.24, 2.45) is 0 Å². The van der Waals surface area contributed by atoms with Crippen LogP contribution in [0.4, 0.5) is 5.69 Å². The second kappa shape index (κ2) is 15.7. The van der Waals surface area contributed by atoms with Crippen LogP contribution in [0.2, 0.25) is 15.1 Å². The van der Waals surface area contributed by atoms with Gasteiger partial charge in [-0.3, -0.25) is 13.9 Å². The standard InChI is InChI=1S/C31H36Cl3N3O6S/c1-6-20(3)35-31(39)27(7-2)36(18-21-8-9-23(33)16-26(21)34)30(38)19-37(24-12-10-22(32)11-13-24)44(40,41)25-14-15-28(42-4)29(17-25)43-5/h8-17,20,27H,6-7,18-19H2,1-5H3,(H,35,39)/t20-,27-/m1/s1. The zero-order valence-corrected chi connectivity index (χ0v) is 28.2. The quantitative estimate of drug-likeness (QED) is 0.206. The number of methoxy groups -OCH3 is 2. The molecule has 0 aliphatic rings. The Hall–Kier alpha value is -3.18. The summed E-state index contributed by atoms with van der Waals surface area (Å²) < 4.78 is 39.9. The molecule has 0 radical (unpaired) electrons. The van der Waals surface area contributed by atoms with Crippen LogP contribution in [0.3, 0.4) is 0 Å². The summed E-state index contributed by atoms with van der Waals surface area (Å²) >= 11 is 18.7. The van der Waals surface area contributed by atoms with E-state index in [1.54, 1.807) is 25.1 Å². The van der Waals surface area contributed by atoms with E-state index in [0.29, 0.717) is 32.8 Å². The number of carbonyl (C=O) groups is 2. The van der Waals surface area contributed by atoms with Crippen LogP contribution in [0.25, 0.3) is 0 Å². The number of rotatable bonds is 14. The molecule has 2 amide bonds. The second-order valence-corrected chi connectivity index (χ2v) is 13.1. The smallest absolute Gasteiger partial charge is 0.264 e. The number of nitrogens with zero attached hydrogens (tertiary/aromatic N) is 2. The predicted molar refractivity (Wildman–Crippen MR) is 175 cm³/mol. The minimum absolute atomic E-state index is 0.0634. The number of ether oxygens (including phenoxy) is 2. The molecule has 3 rings (SSSR count).